The van der Waals surface area contributed by atoms with Crippen LogP contribution < -0.4 is 11.3 Å². The minimum absolute atomic E-state index is 0.0688. The molecule has 0 aliphatic carbocycles. The molecule has 2 rings (SSSR count). The molecule has 0 radical (unpaired) electrons. The van der Waals surface area contributed by atoms with Crippen molar-refractivity contribution in [2.24, 2.45) is 12.9 Å². The number of nitrogens with zero attached hydrogens (tertiary/aromatic N) is 2. The molecule has 0 fully saturated rings. The van der Waals surface area contributed by atoms with Crippen LogP contribution in [0.25, 0.3) is 0 Å². The molecule has 1 heterocycles. The second kappa shape index (κ2) is 6.79. The van der Waals surface area contributed by atoms with Gasteiger partial charge in [0.2, 0.25) is 0 Å². The van der Waals surface area contributed by atoms with E-state index in [2.05, 4.69) is 10.5 Å². The summed E-state index contributed by atoms with van der Waals surface area (Å²) in [5.74, 6) is 5.71. The molecule has 1 unspecified atom stereocenters. The first-order valence-corrected chi connectivity index (χ1v) is 7.65. The monoisotopic (exact) mass is 326 g/mol. The van der Waals surface area contributed by atoms with E-state index in [0.717, 1.165) is 39.0 Å². The molecule has 4 nitrogen and oxygen atoms in total. The highest BCUT2D eigenvalue weighted by molar-refractivity contribution is 6.32. The Morgan fingerprint density at radius 2 is 2.10 bits per heavy atom. The van der Waals surface area contributed by atoms with Crippen molar-refractivity contribution in [2.45, 2.75) is 32.7 Å². The Hall–Kier alpha value is -1.07. The van der Waals surface area contributed by atoms with Gasteiger partial charge in [0.1, 0.15) is 0 Å². The fraction of sp³-hybridized carbons (Fsp3) is 0.400. The van der Waals surface area contributed by atoms with Gasteiger partial charge in [-0.2, -0.15) is 5.10 Å². The van der Waals surface area contributed by atoms with Crippen molar-refractivity contribution in [3.8, 4) is 0 Å². The van der Waals surface area contributed by atoms with Gasteiger partial charge in [-0.25, -0.2) is 0 Å². The molecule has 1 atom stereocenters. The molecule has 0 aliphatic heterocycles. The zero-order valence-electron chi connectivity index (χ0n) is 12.5. The summed E-state index contributed by atoms with van der Waals surface area (Å²) in [6.45, 7) is 4.01. The maximum Gasteiger partial charge on any atom is 0.0850 e. The van der Waals surface area contributed by atoms with Gasteiger partial charge in [0.05, 0.1) is 22.5 Å². The van der Waals surface area contributed by atoms with Crippen LogP contribution in [-0.4, -0.2) is 9.78 Å². The van der Waals surface area contributed by atoms with Crippen molar-refractivity contribution in [3.05, 3.63) is 50.8 Å². The van der Waals surface area contributed by atoms with Gasteiger partial charge in [0, 0.05) is 18.5 Å². The van der Waals surface area contributed by atoms with Crippen LogP contribution in [0.2, 0.25) is 10.0 Å². The van der Waals surface area contributed by atoms with Gasteiger partial charge in [0.15, 0.2) is 0 Å². The smallest absolute Gasteiger partial charge is 0.0850 e. The van der Waals surface area contributed by atoms with Crippen LogP contribution >= 0.6 is 23.2 Å². The average Bonchev–Trinajstić information content (AvgIpc) is 2.74. The first-order chi connectivity index (χ1) is 9.97. The third-order valence-corrected chi connectivity index (χ3v) is 4.54. The summed E-state index contributed by atoms with van der Waals surface area (Å²) in [7, 11) is 1.90. The van der Waals surface area contributed by atoms with Gasteiger partial charge in [-0.15, -0.1) is 0 Å². The number of benzene rings is 1. The van der Waals surface area contributed by atoms with Gasteiger partial charge in [-0.3, -0.25) is 16.0 Å². The largest absolute Gasteiger partial charge is 0.271 e. The first kappa shape index (κ1) is 16.3. The molecule has 0 amide bonds. The summed E-state index contributed by atoms with van der Waals surface area (Å²) in [5, 5.41) is 5.89. The molecular weight excluding hydrogens is 307 g/mol. The van der Waals surface area contributed by atoms with Crippen molar-refractivity contribution in [1.82, 2.24) is 15.2 Å². The van der Waals surface area contributed by atoms with Crippen LogP contribution in [-0.2, 0) is 19.9 Å². The zero-order chi connectivity index (χ0) is 15.6. The molecule has 0 saturated heterocycles. The average molecular weight is 327 g/mol. The molecule has 114 valence electrons. The Morgan fingerprint density at radius 1 is 1.38 bits per heavy atom. The molecule has 0 spiro atoms. The van der Waals surface area contributed by atoms with Crippen molar-refractivity contribution in [2.75, 3.05) is 0 Å². The van der Waals surface area contributed by atoms with Crippen LogP contribution in [0.1, 0.15) is 35.5 Å². The number of aromatic nitrogens is 2. The number of nitrogens with two attached hydrogens (primary N) is 1. The van der Waals surface area contributed by atoms with Crippen LogP contribution in [0.3, 0.4) is 0 Å². The number of rotatable bonds is 5. The second-order valence-corrected chi connectivity index (χ2v) is 5.90. The van der Waals surface area contributed by atoms with E-state index in [1.165, 1.54) is 0 Å². The molecular formula is C15H20Cl2N4. The van der Waals surface area contributed by atoms with Gasteiger partial charge in [-0.1, -0.05) is 42.3 Å². The highest BCUT2D eigenvalue weighted by Crippen LogP contribution is 2.28. The SMILES string of the molecule is CCc1nn(C)c(CC(NN)c2ccc(C)c(Cl)c2)c1Cl. The van der Waals surface area contributed by atoms with Crippen LogP contribution in [0.15, 0.2) is 18.2 Å². The lowest BCUT2D eigenvalue weighted by atomic mass is 10.0. The first-order valence-electron chi connectivity index (χ1n) is 6.90. The van der Waals surface area contributed by atoms with E-state index in [1.807, 2.05) is 43.8 Å². The summed E-state index contributed by atoms with van der Waals surface area (Å²) >= 11 is 12.6. The number of hydrogen-bond acceptors (Lipinski definition) is 3. The van der Waals surface area contributed by atoms with E-state index in [-0.39, 0.29) is 6.04 Å². The maximum absolute atomic E-state index is 6.40. The number of nitrogens with one attached hydrogen (secondary N) is 1. The number of hydrazine groups is 1. The number of hydrogen-bond donors (Lipinski definition) is 2. The maximum atomic E-state index is 6.40. The Labute approximate surface area is 135 Å². The summed E-state index contributed by atoms with van der Waals surface area (Å²) in [4.78, 5) is 0. The van der Waals surface area contributed by atoms with E-state index in [1.54, 1.807) is 0 Å². The zero-order valence-corrected chi connectivity index (χ0v) is 14.0. The minimum atomic E-state index is -0.0688. The van der Waals surface area contributed by atoms with Crippen LogP contribution in [0.4, 0.5) is 0 Å². The normalized spacial score (nSPS) is 12.7. The summed E-state index contributed by atoms with van der Waals surface area (Å²) in [5.41, 5.74) is 6.79. The molecule has 2 aromatic rings. The Morgan fingerprint density at radius 3 is 2.62 bits per heavy atom. The van der Waals surface area contributed by atoms with Crippen LogP contribution in [0.5, 0.6) is 0 Å². The molecule has 1 aromatic heterocycles. The third-order valence-electron chi connectivity index (χ3n) is 3.70. The van der Waals surface area contributed by atoms with Gasteiger partial charge in [-0.05, 0) is 30.5 Å². The van der Waals surface area contributed by atoms with Crippen molar-refractivity contribution >= 4 is 23.2 Å². The highest BCUT2D eigenvalue weighted by Gasteiger charge is 2.19. The topological polar surface area (TPSA) is 55.9 Å². The van der Waals surface area contributed by atoms with E-state index >= 15 is 0 Å². The molecule has 0 bridgehead atoms. The third kappa shape index (κ3) is 3.40. The van der Waals surface area contributed by atoms with Crippen LogP contribution in [0, 0.1) is 6.92 Å². The Kier molecular flexibility index (Phi) is 5.27. The van der Waals surface area contributed by atoms with E-state index in [9.17, 15) is 0 Å². The van der Waals surface area contributed by atoms with Crippen molar-refractivity contribution in [3.63, 3.8) is 0 Å². The molecule has 3 N–H and O–H groups in total. The van der Waals surface area contributed by atoms with E-state index < -0.39 is 0 Å². The summed E-state index contributed by atoms with van der Waals surface area (Å²) in [6, 6.07) is 5.88. The predicted octanol–water partition coefficient (Wildman–Crippen LogP) is 3.34. The van der Waals surface area contributed by atoms with Crippen molar-refractivity contribution in [1.29, 1.82) is 0 Å². The fourth-order valence-electron chi connectivity index (χ4n) is 2.33. The molecule has 21 heavy (non-hydrogen) atoms. The molecule has 6 heteroatoms. The Balaban J connectivity index is 2.31. The second-order valence-electron chi connectivity index (χ2n) is 5.12. The molecule has 1 aromatic carbocycles. The van der Waals surface area contributed by atoms with Gasteiger partial charge in [0.25, 0.3) is 0 Å². The van der Waals surface area contributed by atoms with E-state index in [4.69, 9.17) is 29.0 Å². The molecule has 0 saturated carbocycles. The number of aryl methyl sites for hydroxylation is 3. The lowest BCUT2D eigenvalue weighted by Gasteiger charge is -2.17. The highest BCUT2D eigenvalue weighted by atomic mass is 35.5. The summed E-state index contributed by atoms with van der Waals surface area (Å²) < 4.78 is 1.82. The summed E-state index contributed by atoms with van der Waals surface area (Å²) in [6.07, 6.45) is 1.46. The Bertz CT molecular complexity index is 637. The standard InChI is InChI=1S/C15H20Cl2N4/c1-4-12-15(17)14(21(3)20-12)8-13(19-18)10-6-5-9(2)11(16)7-10/h5-7,13,19H,4,8,18H2,1-3H3. The predicted molar refractivity (Wildman–Crippen MR) is 87.6 cm³/mol. The number of halogens is 2. The van der Waals surface area contributed by atoms with Crippen molar-refractivity contribution < 1.29 is 0 Å². The minimum Gasteiger partial charge on any atom is -0.271 e. The quantitative estimate of drug-likeness (QED) is 0.654. The molecule has 0 aliphatic rings. The van der Waals surface area contributed by atoms with Gasteiger partial charge < -0.3 is 0 Å². The van der Waals surface area contributed by atoms with E-state index in [0.29, 0.717) is 6.42 Å². The van der Waals surface area contributed by atoms with Gasteiger partial charge >= 0.3 is 0 Å². The lowest BCUT2D eigenvalue weighted by Crippen LogP contribution is -2.30. The lowest BCUT2D eigenvalue weighted by molar-refractivity contribution is 0.530. The fourth-order valence-corrected chi connectivity index (χ4v) is 2.89.